The van der Waals surface area contributed by atoms with Crippen LogP contribution in [0.1, 0.15) is 69.9 Å². The van der Waals surface area contributed by atoms with Crippen LogP contribution in [0.3, 0.4) is 0 Å². The Bertz CT molecular complexity index is 1420. The van der Waals surface area contributed by atoms with Crippen molar-refractivity contribution >= 4 is 23.4 Å². The second-order valence-corrected chi connectivity index (χ2v) is 12.3. The summed E-state index contributed by atoms with van der Waals surface area (Å²) in [6.45, 7) is 10.7. The van der Waals surface area contributed by atoms with E-state index in [2.05, 4.69) is 10.3 Å². The molecule has 1 aromatic carbocycles. The quantitative estimate of drug-likeness (QED) is 0.370. The van der Waals surface area contributed by atoms with Crippen LogP contribution < -0.4 is 5.32 Å². The molecule has 0 unspecified atom stereocenters. The maximum atomic E-state index is 14.0. The molecular formula is C32H41F2N5O3. The zero-order chi connectivity index (χ0) is 30.6. The molecule has 1 fully saturated rings. The van der Waals surface area contributed by atoms with Crippen molar-refractivity contribution in [2.45, 2.75) is 72.4 Å². The number of pyridine rings is 1. The fraction of sp³-hybridized carbons (Fsp3) is 0.500. The number of carbonyl (C=O) groups is 3. The van der Waals surface area contributed by atoms with Crippen molar-refractivity contribution in [1.29, 1.82) is 0 Å². The second-order valence-electron chi connectivity index (χ2n) is 12.3. The molecule has 3 atom stereocenters. The summed E-state index contributed by atoms with van der Waals surface area (Å²) in [5, 5.41) is 2.99. The van der Waals surface area contributed by atoms with E-state index in [9.17, 15) is 23.2 Å². The predicted molar refractivity (Wildman–Crippen MR) is 157 cm³/mol. The van der Waals surface area contributed by atoms with Crippen molar-refractivity contribution in [1.82, 2.24) is 24.5 Å². The van der Waals surface area contributed by atoms with Gasteiger partial charge in [0.05, 0.1) is 0 Å². The van der Waals surface area contributed by atoms with E-state index in [1.54, 1.807) is 21.9 Å². The minimum Gasteiger partial charge on any atom is -0.344 e. The van der Waals surface area contributed by atoms with Gasteiger partial charge >= 0.3 is 0 Å². The number of halogens is 2. The third-order valence-corrected chi connectivity index (χ3v) is 8.06. The van der Waals surface area contributed by atoms with E-state index in [0.717, 1.165) is 12.0 Å². The van der Waals surface area contributed by atoms with Crippen molar-refractivity contribution in [3.8, 4) is 0 Å². The Labute approximate surface area is 246 Å². The lowest BCUT2D eigenvalue weighted by Gasteiger charge is -2.37. The zero-order valence-corrected chi connectivity index (χ0v) is 25.1. The number of benzene rings is 1. The van der Waals surface area contributed by atoms with E-state index < -0.39 is 17.3 Å². The molecule has 3 amide bonds. The van der Waals surface area contributed by atoms with Gasteiger partial charge in [0.1, 0.15) is 29.0 Å². The maximum absolute atomic E-state index is 14.0. The topological polar surface area (TPSA) is 87.0 Å². The van der Waals surface area contributed by atoms with Crippen LogP contribution >= 0.6 is 0 Å². The molecule has 8 nitrogen and oxygen atoms in total. The third-order valence-electron chi connectivity index (χ3n) is 8.06. The van der Waals surface area contributed by atoms with Gasteiger partial charge in [-0.3, -0.25) is 14.4 Å². The van der Waals surface area contributed by atoms with Crippen LogP contribution in [0.5, 0.6) is 0 Å². The number of nitrogens with zero attached hydrogens (tertiary/aromatic N) is 4. The second kappa shape index (κ2) is 13.0. The Hall–Kier alpha value is -3.82. The van der Waals surface area contributed by atoms with Crippen molar-refractivity contribution in [2.75, 3.05) is 19.6 Å². The molecular weight excluding hydrogens is 540 g/mol. The number of hydrogen-bond donors (Lipinski definition) is 1. The van der Waals surface area contributed by atoms with E-state index in [4.69, 9.17) is 0 Å². The van der Waals surface area contributed by atoms with Gasteiger partial charge in [-0.15, -0.1) is 0 Å². The van der Waals surface area contributed by atoms with E-state index in [0.29, 0.717) is 38.0 Å². The molecule has 0 radical (unpaired) electrons. The maximum Gasteiger partial charge on any atom is 0.274 e. The van der Waals surface area contributed by atoms with E-state index >= 15 is 0 Å². The Morgan fingerprint density at radius 1 is 1.07 bits per heavy atom. The minimum atomic E-state index is -0.712. The highest BCUT2D eigenvalue weighted by Crippen LogP contribution is 2.27. The molecule has 1 aliphatic heterocycles. The Balaban J connectivity index is 1.58. The lowest BCUT2D eigenvalue weighted by atomic mass is 9.85. The summed E-state index contributed by atoms with van der Waals surface area (Å²) in [6, 6.07) is 7.97. The highest BCUT2D eigenvalue weighted by molar-refractivity contribution is 5.93. The number of hydrogen-bond acceptors (Lipinski definition) is 4. The molecule has 0 bridgehead atoms. The van der Waals surface area contributed by atoms with Gasteiger partial charge in [-0.1, -0.05) is 46.8 Å². The fourth-order valence-electron chi connectivity index (χ4n) is 5.28. The van der Waals surface area contributed by atoms with Gasteiger partial charge in [0, 0.05) is 44.0 Å². The average molecular weight is 582 g/mol. The molecule has 3 aromatic rings. The summed E-state index contributed by atoms with van der Waals surface area (Å²) in [5.74, 6) is -1.64. The van der Waals surface area contributed by atoms with E-state index in [-0.39, 0.29) is 47.7 Å². The smallest absolute Gasteiger partial charge is 0.274 e. The highest BCUT2D eigenvalue weighted by Gasteiger charge is 2.41. The molecule has 4 rings (SSSR count). The molecule has 3 heterocycles. The third kappa shape index (κ3) is 7.33. The largest absolute Gasteiger partial charge is 0.344 e. The van der Waals surface area contributed by atoms with Gasteiger partial charge in [-0.2, -0.15) is 0 Å². The molecule has 0 spiro atoms. The zero-order valence-electron chi connectivity index (χ0n) is 25.1. The average Bonchev–Trinajstić information content (AvgIpc) is 3.59. The number of amides is 3. The molecule has 2 aromatic heterocycles. The summed E-state index contributed by atoms with van der Waals surface area (Å²) >= 11 is 0. The van der Waals surface area contributed by atoms with Crippen LogP contribution in [-0.2, 0) is 16.0 Å². The number of fused-ring (bicyclic) bond motifs is 1. The normalized spacial score (nSPS) is 16.8. The molecule has 0 aliphatic carbocycles. The first kappa shape index (κ1) is 31.1. The lowest BCUT2D eigenvalue weighted by molar-refractivity contribution is -0.141. The van der Waals surface area contributed by atoms with E-state index in [1.165, 1.54) is 41.1 Å². The number of rotatable bonds is 10. The molecule has 226 valence electrons. The summed E-state index contributed by atoms with van der Waals surface area (Å²) in [6.07, 6.45) is 5.40. The van der Waals surface area contributed by atoms with Gasteiger partial charge in [-0.25, -0.2) is 13.8 Å². The first-order valence-electron chi connectivity index (χ1n) is 14.7. The van der Waals surface area contributed by atoms with Crippen LogP contribution in [0.15, 0.2) is 48.8 Å². The number of likely N-dealkylation sites (tertiary alicyclic amines) is 1. The van der Waals surface area contributed by atoms with Crippen molar-refractivity contribution < 1.29 is 23.2 Å². The monoisotopic (exact) mass is 581 g/mol. The van der Waals surface area contributed by atoms with E-state index in [1.807, 2.05) is 34.6 Å². The number of aromatic nitrogens is 2. The summed E-state index contributed by atoms with van der Waals surface area (Å²) < 4.78 is 28.7. The van der Waals surface area contributed by atoms with Gasteiger partial charge < -0.3 is 19.5 Å². The Kier molecular flexibility index (Phi) is 9.64. The first-order chi connectivity index (χ1) is 19.9. The van der Waals surface area contributed by atoms with Crippen LogP contribution in [0.2, 0.25) is 0 Å². The molecule has 0 saturated carbocycles. The predicted octanol–water partition coefficient (Wildman–Crippen LogP) is 4.87. The molecule has 1 aliphatic rings. The summed E-state index contributed by atoms with van der Waals surface area (Å²) in [7, 11) is 0. The molecule has 10 heteroatoms. The molecule has 42 heavy (non-hydrogen) atoms. The molecule has 1 N–H and O–H groups in total. The van der Waals surface area contributed by atoms with Gasteiger partial charge in [-0.05, 0) is 60.9 Å². The summed E-state index contributed by atoms with van der Waals surface area (Å²) in [5.41, 5.74) is 0.966. The van der Waals surface area contributed by atoms with Gasteiger partial charge in [0.25, 0.3) is 5.91 Å². The van der Waals surface area contributed by atoms with Crippen LogP contribution in [0, 0.1) is 23.0 Å². The SMILES string of the molecule is CC[C@@H](C)C(=O)N[C@H](C(=O)N1CCC[C@H]1CN(CCc1ccc(F)cc1)C(=O)c1cn2cc(F)ccc2n1)C(C)(C)C. The lowest BCUT2D eigenvalue weighted by Crippen LogP contribution is -2.57. The molecule has 1 saturated heterocycles. The standard InChI is InChI=1S/C32H41F2N5O3/c1-6-21(2)29(40)36-28(32(3,4)5)31(42)39-16-7-8-25(39)19-37(17-15-22-9-11-23(33)12-10-22)30(41)26-20-38-18-24(34)13-14-27(38)35-26/h9-14,18,20-21,25,28H,6-8,15-17,19H2,1-5H3,(H,36,40)/t21-,25+,28-/m1/s1. The Morgan fingerprint density at radius 3 is 2.43 bits per heavy atom. The van der Waals surface area contributed by atoms with Crippen molar-refractivity contribution in [3.63, 3.8) is 0 Å². The van der Waals surface area contributed by atoms with Crippen LogP contribution in [0.25, 0.3) is 5.65 Å². The van der Waals surface area contributed by atoms with Crippen molar-refractivity contribution in [3.05, 3.63) is 71.7 Å². The highest BCUT2D eigenvalue weighted by atomic mass is 19.1. The van der Waals surface area contributed by atoms with Gasteiger partial charge in [0.2, 0.25) is 11.8 Å². The van der Waals surface area contributed by atoms with Crippen LogP contribution in [0.4, 0.5) is 8.78 Å². The number of imidazole rings is 1. The minimum absolute atomic E-state index is 0.152. The fourth-order valence-corrected chi connectivity index (χ4v) is 5.28. The number of carbonyl (C=O) groups excluding carboxylic acids is 3. The van der Waals surface area contributed by atoms with Gasteiger partial charge in [0.15, 0.2) is 0 Å². The first-order valence-corrected chi connectivity index (χ1v) is 14.7. The number of nitrogens with one attached hydrogen (secondary N) is 1. The van der Waals surface area contributed by atoms with Crippen LogP contribution in [-0.4, -0.2) is 68.6 Å². The van der Waals surface area contributed by atoms with Crippen molar-refractivity contribution in [2.24, 2.45) is 11.3 Å². The Morgan fingerprint density at radius 2 is 1.76 bits per heavy atom. The summed E-state index contributed by atoms with van der Waals surface area (Å²) in [4.78, 5) is 48.5.